The van der Waals surface area contributed by atoms with Gasteiger partial charge in [0.2, 0.25) is 11.8 Å². The van der Waals surface area contributed by atoms with E-state index in [2.05, 4.69) is 16.0 Å². The second-order valence-corrected chi connectivity index (χ2v) is 15.1. The molecule has 0 aliphatic carbocycles. The van der Waals surface area contributed by atoms with Crippen molar-refractivity contribution in [1.82, 2.24) is 20.9 Å². The first kappa shape index (κ1) is 43.2. The Hall–Kier alpha value is -4.51. The number of Topliss-reactive ketones (excluding diaryl/α,β-unsaturated/α-hetero) is 2. The first-order valence-corrected chi connectivity index (χ1v) is 19.1. The van der Waals surface area contributed by atoms with Crippen molar-refractivity contribution in [2.45, 2.75) is 122 Å². The third kappa shape index (κ3) is 12.5. The molecule has 0 saturated carbocycles. The van der Waals surface area contributed by atoms with E-state index in [1.807, 2.05) is 24.3 Å². The smallest absolute Gasteiger partial charge is 0.312 e. The van der Waals surface area contributed by atoms with E-state index in [1.54, 1.807) is 27.7 Å². The van der Waals surface area contributed by atoms with Gasteiger partial charge in [0.05, 0.1) is 12.1 Å². The Bertz CT molecular complexity index is 1580. The molecule has 4 rings (SSSR count). The van der Waals surface area contributed by atoms with Crippen molar-refractivity contribution < 1.29 is 47.8 Å². The number of primary amides is 1. The number of imide groups is 1. The maximum Gasteiger partial charge on any atom is 0.312 e. The van der Waals surface area contributed by atoms with E-state index in [1.165, 1.54) is 12.2 Å². The number of carbonyl (C=O) groups excluding carboxylic acids is 7. The van der Waals surface area contributed by atoms with E-state index < -0.39 is 60.0 Å². The van der Waals surface area contributed by atoms with Crippen LogP contribution < -0.4 is 27.4 Å². The summed E-state index contributed by atoms with van der Waals surface area (Å²) in [4.78, 5) is 90.5. The van der Waals surface area contributed by atoms with Crippen LogP contribution in [0.4, 0.5) is 4.79 Å². The summed E-state index contributed by atoms with van der Waals surface area (Å²) in [5.41, 5.74) is 12.7. The molecule has 1 aromatic rings. The van der Waals surface area contributed by atoms with Gasteiger partial charge in [-0.05, 0) is 69.5 Å². The summed E-state index contributed by atoms with van der Waals surface area (Å²) in [5.74, 6) is -4.36. The minimum Gasteiger partial charge on any atom is -0.352 e. The van der Waals surface area contributed by atoms with Gasteiger partial charge in [-0.1, -0.05) is 44.5 Å². The van der Waals surface area contributed by atoms with Crippen LogP contribution in [0.5, 0.6) is 0 Å². The number of hydrogen-bond donors (Lipinski definition) is 5. The molecule has 7 N–H and O–H groups in total. The van der Waals surface area contributed by atoms with Gasteiger partial charge in [0.1, 0.15) is 12.2 Å². The van der Waals surface area contributed by atoms with E-state index in [4.69, 9.17) is 25.7 Å². The number of nitrogens with two attached hydrogens (primary N) is 2. The molecule has 3 aliphatic rings. The molecular weight excluding hydrogens is 712 g/mol. The highest BCUT2D eigenvalue weighted by molar-refractivity contribution is 6.12. The maximum absolute atomic E-state index is 14.0. The normalized spacial score (nSPS) is 22.4. The van der Waals surface area contributed by atoms with Crippen LogP contribution >= 0.6 is 0 Å². The van der Waals surface area contributed by atoms with Gasteiger partial charge in [-0.3, -0.25) is 33.7 Å². The van der Waals surface area contributed by atoms with Crippen molar-refractivity contribution >= 4 is 41.2 Å². The molecule has 16 heteroatoms. The number of ether oxygens (including phenoxy) is 3. The summed E-state index contributed by atoms with van der Waals surface area (Å²) in [7, 11) is 0. The van der Waals surface area contributed by atoms with Gasteiger partial charge >= 0.3 is 6.03 Å². The molecule has 0 bridgehead atoms. The Kier molecular flexibility index (Phi) is 15.6. The number of nitrogens with zero attached hydrogens (tertiary/aromatic N) is 1. The molecule has 0 radical (unpaired) electrons. The van der Waals surface area contributed by atoms with Crippen LogP contribution in [-0.4, -0.2) is 102 Å². The van der Waals surface area contributed by atoms with Crippen molar-refractivity contribution in [3.05, 3.63) is 47.5 Å². The van der Waals surface area contributed by atoms with E-state index in [-0.39, 0.29) is 68.2 Å². The summed E-state index contributed by atoms with van der Waals surface area (Å²) < 4.78 is 18.0. The number of carbonyl (C=O) groups is 7. The zero-order valence-electron chi connectivity index (χ0n) is 32.2. The Labute approximate surface area is 321 Å². The van der Waals surface area contributed by atoms with Gasteiger partial charge in [-0.2, -0.15) is 0 Å². The standard InChI is InChI=1S/C39H56N6O10/c1-23(2)26(36(51)43-27(9-8-19-42-38(41)52)28(46)21-25-13-11-24(12-14-25)17-18-40)22-29(47)34-33(35-37(53-34)55-39(3,4)54-35)44-30(48)10-6-5-7-20-45-31(49)15-16-32(45)50/h11-16,23,26-27,33-35,37H,5-10,17-22,40H2,1-4H3,(H,43,51)(H,44,48)(H3,41,42,52)/t26-,27?,33-,34?,35-,37-/m1/s1. The third-order valence-electron chi connectivity index (χ3n) is 9.95. The summed E-state index contributed by atoms with van der Waals surface area (Å²) in [6, 6.07) is 5.05. The first-order valence-electron chi connectivity index (χ1n) is 19.1. The number of amides is 6. The Balaban J connectivity index is 1.39. The highest BCUT2D eigenvalue weighted by atomic mass is 16.8. The third-order valence-corrected chi connectivity index (χ3v) is 9.95. The van der Waals surface area contributed by atoms with Crippen molar-refractivity contribution in [1.29, 1.82) is 0 Å². The van der Waals surface area contributed by atoms with Gasteiger partial charge in [-0.25, -0.2) is 4.79 Å². The zero-order valence-corrected chi connectivity index (χ0v) is 32.2. The van der Waals surface area contributed by atoms with E-state index in [0.717, 1.165) is 16.0 Å². The number of urea groups is 1. The molecule has 2 saturated heterocycles. The van der Waals surface area contributed by atoms with Crippen molar-refractivity contribution in [3.8, 4) is 0 Å². The fourth-order valence-electron chi connectivity index (χ4n) is 6.97. The number of ketones is 2. The lowest BCUT2D eigenvalue weighted by atomic mass is 9.86. The first-order chi connectivity index (χ1) is 26.1. The van der Waals surface area contributed by atoms with Crippen molar-refractivity contribution in [3.63, 3.8) is 0 Å². The SMILES string of the molecule is CC(C)[C@@H](CC(=O)C1O[C@@H]2OC(C)(C)O[C@@H]2[C@@H]1NC(=O)CCCCCN1C(=O)C=CC1=O)C(=O)NC(CCCNC(N)=O)C(=O)Cc1ccc(CCN)cc1. The molecular formula is C39H56N6O10. The summed E-state index contributed by atoms with van der Waals surface area (Å²) in [5, 5.41) is 8.28. The van der Waals surface area contributed by atoms with Crippen LogP contribution in [0.25, 0.3) is 0 Å². The van der Waals surface area contributed by atoms with Gasteiger partial charge in [0.25, 0.3) is 11.8 Å². The highest BCUT2D eigenvalue weighted by Crippen LogP contribution is 2.38. The summed E-state index contributed by atoms with van der Waals surface area (Å²) in [6.07, 6.45) is 2.45. The van der Waals surface area contributed by atoms with Crippen LogP contribution in [0.3, 0.4) is 0 Å². The van der Waals surface area contributed by atoms with Crippen LogP contribution in [0, 0.1) is 11.8 Å². The molecule has 3 aliphatic heterocycles. The molecule has 6 amide bonds. The fraction of sp³-hybridized carbons (Fsp3) is 0.615. The molecule has 2 fully saturated rings. The Morgan fingerprint density at radius 2 is 1.60 bits per heavy atom. The van der Waals surface area contributed by atoms with Gasteiger partial charge in [0.15, 0.2) is 23.6 Å². The molecule has 3 heterocycles. The number of hydrogen-bond acceptors (Lipinski definition) is 11. The Morgan fingerprint density at radius 1 is 0.927 bits per heavy atom. The molecule has 6 atom stereocenters. The Morgan fingerprint density at radius 3 is 2.24 bits per heavy atom. The number of fused-ring (bicyclic) bond motifs is 1. The van der Waals surface area contributed by atoms with E-state index in [9.17, 15) is 33.6 Å². The molecule has 0 spiro atoms. The second-order valence-electron chi connectivity index (χ2n) is 15.1. The van der Waals surface area contributed by atoms with Crippen LogP contribution in [-0.2, 0) is 55.8 Å². The minimum absolute atomic E-state index is 0.0636. The maximum atomic E-state index is 14.0. The molecule has 2 unspecified atom stereocenters. The highest BCUT2D eigenvalue weighted by Gasteiger charge is 2.57. The number of unbranched alkanes of at least 4 members (excludes halogenated alkanes) is 2. The lowest BCUT2D eigenvalue weighted by Gasteiger charge is -2.28. The van der Waals surface area contributed by atoms with Gasteiger partial charge in [-0.15, -0.1) is 0 Å². The molecule has 0 aromatic heterocycles. The molecule has 302 valence electrons. The van der Waals surface area contributed by atoms with Crippen molar-refractivity contribution in [2.75, 3.05) is 19.6 Å². The van der Waals surface area contributed by atoms with Gasteiger partial charge < -0.3 is 41.6 Å². The summed E-state index contributed by atoms with van der Waals surface area (Å²) >= 11 is 0. The average Bonchev–Trinajstić information content (AvgIpc) is 3.73. The average molecular weight is 769 g/mol. The number of nitrogens with one attached hydrogen (secondary N) is 3. The zero-order chi connectivity index (χ0) is 40.3. The predicted octanol–water partition coefficient (Wildman–Crippen LogP) is 1.31. The van der Waals surface area contributed by atoms with E-state index >= 15 is 0 Å². The second kappa shape index (κ2) is 19.9. The molecule has 16 nitrogen and oxygen atoms in total. The quantitative estimate of drug-likeness (QED) is 0.0833. The minimum atomic E-state index is -1.16. The lowest BCUT2D eigenvalue weighted by molar-refractivity contribution is -0.208. The predicted molar refractivity (Wildman–Crippen MR) is 200 cm³/mol. The van der Waals surface area contributed by atoms with Crippen LogP contribution in [0.1, 0.15) is 83.8 Å². The van der Waals surface area contributed by atoms with E-state index in [0.29, 0.717) is 38.6 Å². The number of rotatable bonds is 22. The largest absolute Gasteiger partial charge is 0.352 e. The fourth-order valence-corrected chi connectivity index (χ4v) is 6.97. The summed E-state index contributed by atoms with van der Waals surface area (Å²) in [6.45, 7) is 7.99. The van der Waals surface area contributed by atoms with Gasteiger partial charge in [0, 0.05) is 50.4 Å². The lowest BCUT2D eigenvalue weighted by Crippen LogP contribution is -2.51. The number of benzene rings is 1. The molecule has 1 aromatic carbocycles. The molecule has 55 heavy (non-hydrogen) atoms. The van der Waals surface area contributed by atoms with Crippen LogP contribution in [0.15, 0.2) is 36.4 Å². The monoisotopic (exact) mass is 768 g/mol. The van der Waals surface area contributed by atoms with Crippen LogP contribution in [0.2, 0.25) is 0 Å². The topological polar surface area (TPSA) is 239 Å². The van der Waals surface area contributed by atoms with Crippen molar-refractivity contribution in [2.24, 2.45) is 23.3 Å².